The van der Waals surface area contributed by atoms with Gasteiger partial charge in [-0.15, -0.1) is 0 Å². The summed E-state index contributed by atoms with van der Waals surface area (Å²) in [5.74, 6) is -0.627. The van der Waals surface area contributed by atoms with Crippen LogP contribution in [-0.4, -0.2) is 45.5 Å². The molecule has 0 saturated heterocycles. The van der Waals surface area contributed by atoms with Gasteiger partial charge in [-0.2, -0.15) is 0 Å². The van der Waals surface area contributed by atoms with Crippen LogP contribution in [0.4, 0.5) is 17.3 Å². The quantitative estimate of drug-likeness (QED) is 0.482. The smallest absolute Gasteiger partial charge is 0.264 e. The fraction of sp³-hybridized carbons (Fsp3) is 0.227. The monoisotopic (exact) mass is 503 g/mol. The van der Waals surface area contributed by atoms with Crippen molar-refractivity contribution in [1.29, 1.82) is 0 Å². The van der Waals surface area contributed by atoms with E-state index in [-0.39, 0.29) is 10.8 Å². The number of amides is 1. The van der Waals surface area contributed by atoms with Crippen molar-refractivity contribution in [3.05, 3.63) is 71.5 Å². The Labute approximate surface area is 199 Å². The minimum Gasteiger partial charge on any atom is -0.325 e. The largest absolute Gasteiger partial charge is 0.325 e. The van der Waals surface area contributed by atoms with Gasteiger partial charge in [0.05, 0.1) is 16.8 Å². The molecule has 180 valence electrons. The summed E-state index contributed by atoms with van der Waals surface area (Å²) in [6.45, 7) is 4.92. The number of anilines is 3. The van der Waals surface area contributed by atoms with E-state index in [4.69, 9.17) is 0 Å². The predicted octanol–water partition coefficient (Wildman–Crippen LogP) is 2.61. The molecule has 0 fully saturated rings. The van der Waals surface area contributed by atoms with Crippen LogP contribution in [0.3, 0.4) is 0 Å². The molecule has 12 heteroatoms. The standard InChI is InChI=1S/C22H25N5O5S2/c1-15-6-5-7-20(17(15)3)27(33(4,29)30)14-21(28)25-18-8-10-19(11-9-18)34(31,32)26-22-23-13-12-16(2)24-22/h5-13H,14H2,1-4H3,(H,25,28)(H,23,24,26). The van der Waals surface area contributed by atoms with Crippen LogP contribution in [0.5, 0.6) is 0 Å². The zero-order valence-corrected chi connectivity index (χ0v) is 20.7. The number of rotatable bonds is 8. The Morgan fingerprint density at radius 1 is 0.971 bits per heavy atom. The first-order valence-electron chi connectivity index (χ1n) is 10.1. The first-order valence-corrected chi connectivity index (χ1v) is 13.5. The van der Waals surface area contributed by atoms with Gasteiger partial charge >= 0.3 is 0 Å². The maximum absolute atomic E-state index is 12.6. The number of carbonyl (C=O) groups is 1. The molecule has 10 nitrogen and oxygen atoms in total. The lowest BCUT2D eigenvalue weighted by Gasteiger charge is -2.24. The number of hydrogen-bond donors (Lipinski definition) is 2. The molecule has 1 aromatic heterocycles. The Hall–Kier alpha value is -3.51. The van der Waals surface area contributed by atoms with E-state index in [2.05, 4.69) is 20.0 Å². The van der Waals surface area contributed by atoms with Gasteiger partial charge in [0.15, 0.2) is 0 Å². The summed E-state index contributed by atoms with van der Waals surface area (Å²) in [5.41, 5.74) is 2.98. The van der Waals surface area contributed by atoms with Gasteiger partial charge in [0.1, 0.15) is 6.54 Å². The lowest BCUT2D eigenvalue weighted by molar-refractivity contribution is -0.114. The van der Waals surface area contributed by atoms with Crippen molar-refractivity contribution in [2.24, 2.45) is 0 Å². The number of nitrogens with zero attached hydrogens (tertiary/aromatic N) is 3. The number of carbonyl (C=O) groups excluding carboxylic acids is 1. The zero-order chi connectivity index (χ0) is 25.1. The van der Waals surface area contributed by atoms with Crippen LogP contribution in [-0.2, 0) is 24.8 Å². The second-order valence-electron chi connectivity index (χ2n) is 7.69. The van der Waals surface area contributed by atoms with Crippen LogP contribution in [0.15, 0.2) is 59.6 Å². The highest BCUT2D eigenvalue weighted by atomic mass is 32.2. The van der Waals surface area contributed by atoms with E-state index in [9.17, 15) is 21.6 Å². The van der Waals surface area contributed by atoms with E-state index < -0.39 is 32.5 Å². The summed E-state index contributed by atoms with van der Waals surface area (Å²) in [7, 11) is -7.66. The molecule has 34 heavy (non-hydrogen) atoms. The molecule has 1 amide bonds. The van der Waals surface area contributed by atoms with Gasteiger partial charge in [-0.1, -0.05) is 12.1 Å². The fourth-order valence-corrected chi connectivity index (χ4v) is 4.97. The number of aromatic nitrogens is 2. The van der Waals surface area contributed by atoms with E-state index in [0.29, 0.717) is 17.1 Å². The lowest BCUT2D eigenvalue weighted by atomic mass is 10.1. The Kier molecular flexibility index (Phi) is 7.22. The third-order valence-electron chi connectivity index (χ3n) is 5.00. The summed E-state index contributed by atoms with van der Waals surface area (Å²) in [5, 5.41) is 2.60. The van der Waals surface area contributed by atoms with Gasteiger partial charge in [0, 0.05) is 17.6 Å². The Balaban J connectivity index is 1.74. The van der Waals surface area contributed by atoms with Gasteiger partial charge in [0.2, 0.25) is 21.9 Å². The third kappa shape index (κ3) is 6.08. The average molecular weight is 504 g/mol. The molecule has 2 N–H and O–H groups in total. The van der Waals surface area contributed by atoms with Crippen molar-refractivity contribution >= 4 is 43.3 Å². The van der Waals surface area contributed by atoms with Gasteiger partial charge < -0.3 is 5.32 Å². The molecule has 0 aliphatic heterocycles. The Morgan fingerprint density at radius 3 is 2.26 bits per heavy atom. The maximum Gasteiger partial charge on any atom is 0.264 e. The highest BCUT2D eigenvalue weighted by Gasteiger charge is 2.23. The second-order valence-corrected chi connectivity index (χ2v) is 11.3. The Bertz CT molecular complexity index is 1420. The number of hydrogen-bond acceptors (Lipinski definition) is 7. The molecule has 0 aliphatic carbocycles. The van der Waals surface area contributed by atoms with Crippen LogP contribution < -0.4 is 14.3 Å². The van der Waals surface area contributed by atoms with Crippen LogP contribution in [0.25, 0.3) is 0 Å². The summed E-state index contributed by atoms with van der Waals surface area (Å²) in [4.78, 5) is 20.5. The molecular weight excluding hydrogens is 478 g/mol. The minimum atomic E-state index is -3.93. The van der Waals surface area contributed by atoms with E-state index in [1.807, 2.05) is 13.0 Å². The van der Waals surface area contributed by atoms with Crippen LogP contribution >= 0.6 is 0 Å². The van der Waals surface area contributed by atoms with Crippen molar-refractivity contribution < 1.29 is 21.6 Å². The topological polar surface area (TPSA) is 138 Å². The summed E-state index contributed by atoms with van der Waals surface area (Å²) in [6, 6.07) is 12.3. The van der Waals surface area contributed by atoms with Crippen LogP contribution in [0, 0.1) is 20.8 Å². The van der Waals surface area contributed by atoms with Crippen molar-refractivity contribution in [3.63, 3.8) is 0 Å². The molecule has 0 radical (unpaired) electrons. The Morgan fingerprint density at radius 2 is 1.65 bits per heavy atom. The molecule has 1 heterocycles. The van der Waals surface area contributed by atoms with Crippen LogP contribution in [0.1, 0.15) is 16.8 Å². The SMILES string of the molecule is Cc1ccnc(NS(=O)(=O)c2ccc(NC(=O)CN(c3cccc(C)c3C)S(C)(=O)=O)cc2)n1. The van der Waals surface area contributed by atoms with Gasteiger partial charge in [-0.3, -0.25) is 9.10 Å². The van der Waals surface area contributed by atoms with Crippen molar-refractivity contribution in [1.82, 2.24) is 9.97 Å². The maximum atomic E-state index is 12.6. The number of nitrogens with one attached hydrogen (secondary N) is 2. The molecule has 0 saturated carbocycles. The highest BCUT2D eigenvalue weighted by Crippen LogP contribution is 2.25. The third-order valence-corrected chi connectivity index (χ3v) is 7.47. The van der Waals surface area contributed by atoms with Crippen molar-refractivity contribution in [2.45, 2.75) is 25.7 Å². The van der Waals surface area contributed by atoms with Crippen molar-refractivity contribution in [2.75, 3.05) is 27.1 Å². The molecule has 0 spiro atoms. The van der Waals surface area contributed by atoms with Gasteiger partial charge in [0.25, 0.3) is 10.0 Å². The fourth-order valence-electron chi connectivity index (χ4n) is 3.11. The van der Waals surface area contributed by atoms with E-state index >= 15 is 0 Å². The number of sulfonamides is 2. The summed E-state index contributed by atoms with van der Waals surface area (Å²) in [6.07, 6.45) is 2.48. The molecule has 2 aromatic carbocycles. The van der Waals surface area contributed by atoms with Gasteiger partial charge in [-0.05, 0) is 68.3 Å². The first kappa shape index (κ1) is 25.1. The molecule has 0 unspecified atom stereocenters. The molecule has 0 aliphatic rings. The normalized spacial score (nSPS) is 11.6. The molecule has 0 atom stereocenters. The highest BCUT2D eigenvalue weighted by molar-refractivity contribution is 7.92. The van der Waals surface area contributed by atoms with Gasteiger partial charge in [-0.25, -0.2) is 31.5 Å². The van der Waals surface area contributed by atoms with Crippen LogP contribution in [0.2, 0.25) is 0 Å². The lowest BCUT2D eigenvalue weighted by Crippen LogP contribution is -2.38. The molecule has 3 rings (SSSR count). The average Bonchev–Trinajstić information content (AvgIpc) is 2.73. The zero-order valence-electron chi connectivity index (χ0n) is 19.1. The van der Waals surface area contributed by atoms with E-state index in [0.717, 1.165) is 21.7 Å². The molecule has 0 bridgehead atoms. The number of benzene rings is 2. The predicted molar refractivity (Wildman–Crippen MR) is 131 cm³/mol. The molecule has 3 aromatic rings. The molecular formula is C22H25N5O5S2. The van der Waals surface area contributed by atoms with E-state index in [1.54, 1.807) is 32.0 Å². The summed E-state index contributed by atoms with van der Waals surface area (Å²) < 4.78 is 53.2. The van der Waals surface area contributed by atoms with Crippen molar-refractivity contribution in [3.8, 4) is 0 Å². The van der Waals surface area contributed by atoms with E-state index in [1.165, 1.54) is 30.5 Å². The summed E-state index contributed by atoms with van der Waals surface area (Å²) >= 11 is 0. The second kappa shape index (κ2) is 9.77. The minimum absolute atomic E-state index is 0.0512. The first-order chi connectivity index (χ1) is 15.9. The number of aryl methyl sites for hydroxylation is 2.